The number of terminal acetylenes is 1. The molecule has 5 aliphatic rings. The fourth-order valence-corrected chi connectivity index (χ4v) is 13.7. The summed E-state index contributed by atoms with van der Waals surface area (Å²) in [6.45, 7) is 10.1. The number of phenolic OH excluding ortho intramolecular Hbond substituents is 1. The van der Waals surface area contributed by atoms with Crippen LogP contribution in [0.3, 0.4) is 0 Å². The van der Waals surface area contributed by atoms with E-state index in [-0.39, 0.29) is 95.6 Å². The predicted octanol–water partition coefficient (Wildman–Crippen LogP) is 6.42. The van der Waals surface area contributed by atoms with Crippen molar-refractivity contribution >= 4 is 56.6 Å². The number of aryl methyl sites for hydroxylation is 1. The van der Waals surface area contributed by atoms with Crippen LogP contribution in [-0.4, -0.2) is 161 Å². The zero-order chi connectivity index (χ0) is 56.1. The number of hydrogen-bond acceptors (Lipinski definition) is 16. The van der Waals surface area contributed by atoms with Gasteiger partial charge in [-0.3, -0.25) is 29.3 Å². The molecule has 0 saturated carbocycles. The van der Waals surface area contributed by atoms with Crippen molar-refractivity contribution in [1.82, 2.24) is 50.3 Å². The molecule has 0 radical (unpaired) electrons. The Hall–Kier alpha value is -6.96. The van der Waals surface area contributed by atoms with Crippen molar-refractivity contribution in [2.45, 2.75) is 134 Å². The van der Waals surface area contributed by atoms with E-state index in [1.807, 2.05) is 33.8 Å². The van der Waals surface area contributed by atoms with Gasteiger partial charge >= 0.3 is 6.01 Å². The van der Waals surface area contributed by atoms with Crippen molar-refractivity contribution in [1.29, 1.82) is 0 Å². The first-order valence-electron chi connectivity index (χ1n) is 27.7. The molecule has 11 rings (SSSR count). The molecule has 2 bridgehead atoms. The Morgan fingerprint density at radius 3 is 2.52 bits per heavy atom. The van der Waals surface area contributed by atoms with E-state index in [1.54, 1.807) is 22.7 Å². The van der Waals surface area contributed by atoms with Gasteiger partial charge in [-0.2, -0.15) is 9.97 Å². The summed E-state index contributed by atoms with van der Waals surface area (Å²) in [7, 11) is 0. The van der Waals surface area contributed by atoms with Gasteiger partial charge in [-0.15, -0.1) is 17.8 Å². The number of rotatable bonds is 16. The van der Waals surface area contributed by atoms with Crippen LogP contribution in [0.25, 0.3) is 43.5 Å². The summed E-state index contributed by atoms with van der Waals surface area (Å²) in [6.07, 6.45) is 13.9. The molecule has 4 aromatic heterocycles. The van der Waals surface area contributed by atoms with Crippen molar-refractivity contribution < 1.29 is 43.2 Å². The number of aliphatic hydroxyl groups is 2. The number of nitrogens with one attached hydrogen (secondary N) is 2. The van der Waals surface area contributed by atoms with E-state index in [1.165, 1.54) is 46.7 Å². The first kappa shape index (κ1) is 55.0. The van der Waals surface area contributed by atoms with E-state index in [4.69, 9.17) is 16.1 Å². The number of pyridine rings is 2. The number of nitrogens with zero attached hydrogens (tertiary/aromatic N) is 9. The van der Waals surface area contributed by atoms with Crippen LogP contribution in [0.1, 0.15) is 101 Å². The zero-order valence-electron chi connectivity index (χ0n) is 45.4. The van der Waals surface area contributed by atoms with Gasteiger partial charge in [0.05, 0.1) is 51.5 Å². The number of ether oxygens (including phenoxy) is 1. The summed E-state index contributed by atoms with van der Waals surface area (Å²) in [5.41, 5.74) is 3.01. The van der Waals surface area contributed by atoms with Gasteiger partial charge in [0.1, 0.15) is 47.3 Å². The normalized spacial score (nSPS) is 23.1. The van der Waals surface area contributed by atoms with Gasteiger partial charge in [-0.1, -0.05) is 38.8 Å². The number of hydrogen-bond donors (Lipinski definition) is 5. The summed E-state index contributed by atoms with van der Waals surface area (Å²) < 4.78 is 38.9. The number of thiazole rings is 1. The standard InChI is InChI=1S/C59H67F2N11O7S/c1-6-41-44(60)16-11-33-21-39(74)22-42(49(33)41)51-50(61)52-43(25-63-51)55(70-26-35-13-14-36(27-70)65-35)68-58(67-52)79-30-38-10-8-20-69(38)19-7-9-37-15-18-48(76)72(37)54(59(3,4)5)57(78)71-28-40(75)23-47(71)56(77)66-46(29-73)34-12-17-45(62-24-34)53-32(2)64-31-80-53/h1,11-12,16-17,21-22,24-25,31,35-38,40,46-47,54,65,73-75H,7-10,13-15,18-20,23,26-30H2,2-5H3,(H,66,77)/t35?,36?,37-,38-,40+,46-,47-,54+/m0/s1. The Balaban J connectivity index is 0.779. The van der Waals surface area contributed by atoms with Crippen molar-refractivity contribution in [3.05, 3.63) is 82.8 Å². The fraction of sp³-hybridized carbons (Fsp3) is 0.492. The number of aliphatic hydroxyl groups excluding tert-OH is 2. The van der Waals surface area contributed by atoms with Crippen LogP contribution < -0.4 is 20.3 Å². The monoisotopic (exact) mass is 1110 g/mol. The van der Waals surface area contributed by atoms with E-state index in [9.17, 15) is 29.7 Å². The number of amides is 3. The summed E-state index contributed by atoms with van der Waals surface area (Å²) >= 11 is 1.47. The highest BCUT2D eigenvalue weighted by Crippen LogP contribution is 2.41. The lowest BCUT2D eigenvalue weighted by molar-refractivity contribution is -0.152. The Morgan fingerprint density at radius 1 is 1.01 bits per heavy atom. The second-order valence-corrected chi connectivity index (χ2v) is 24.0. The number of carbonyl (C=O) groups is 3. The van der Waals surface area contributed by atoms with Crippen LogP contribution in [0.15, 0.2) is 54.3 Å². The number of aromatic nitrogens is 5. The number of benzene rings is 2. The lowest BCUT2D eigenvalue weighted by Crippen LogP contribution is -2.60. The third kappa shape index (κ3) is 10.8. The maximum atomic E-state index is 17.3. The van der Waals surface area contributed by atoms with Crippen molar-refractivity contribution in [3.63, 3.8) is 0 Å². The molecule has 3 amide bonds. The first-order valence-corrected chi connectivity index (χ1v) is 28.6. The van der Waals surface area contributed by atoms with E-state index in [0.717, 1.165) is 48.5 Å². The number of phenols is 1. The number of β-amino-alcohol motifs (C(OH)–C–C–N with tert-alkyl or cyclic N) is 1. The van der Waals surface area contributed by atoms with Crippen LogP contribution >= 0.6 is 11.3 Å². The van der Waals surface area contributed by atoms with E-state index < -0.39 is 59.7 Å². The average Bonchev–Trinajstić information content (AvgIpc) is 4.15. The summed E-state index contributed by atoms with van der Waals surface area (Å²) in [4.78, 5) is 74.6. The van der Waals surface area contributed by atoms with Crippen LogP contribution in [0, 0.1) is 36.3 Å². The van der Waals surface area contributed by atoms with E-state index in [2.05, 4.69) is 46.3 Å². The SMILES string of the molecule is C#Cc1c(F)ccc2cc(O)cc(-c3ncc4c(N5CC6CCC(C5)N6)nc(OC[C@@H]5CCCN5CCC[C@H]5CCC(=O)N5[C@H](C(=O)N5C[C@H](O)C[C@H]5C(=O)N[C@@H](CO)c5ccc(-c6scnc6C)nc5)C(C)(C)C)nc4c3F)c12. The number of halogens is 2. The Kier molecular flexibility index (Phi) is 15.5. The molecule has 2 unspecified atom stereocenters. The number of fused-ring (bicyclic) bond motifs is 4. The zero-order valence-corrected chi connectivity index (χ0v) is 46.2. The molecular formula is C59H67F2N11O7S. The van der Waals surface area contributed by atoms with Gasteiger partial charge in [0.2, 0.25) is 17.7 Å². The quantitative estimate of drug-likeness (QED) is 0.0660. The first-order chi connectivity index (χ1) is 38.5. The Bertz CT molecular complexity index is 3380. The number of likely N-dealkylation sites (tertiary alicyclic amines) is 3. The number of carbonyl (C=O) groups excluding carboxylic acids is 3. The van der Waals surface area contributed by atoms with Gasteiger partial charge in [0.25, 0.3) is 0 Å². The Morgan fingerprint density at radius 2 is 1.81 bits per heavy atom. The highest BCUT2D eigenvalue weighted by Gasteiger charge is 2.50. The van der Waals surface area contributed by atoms with Crippen molar-refractivity contribution in [3.8, 4) is 45.9 Å². The molecule has 5 N–H and O–H groups in total. The molecule has 420 valence electrons. The maximum absolute atomic E-state index is 17.3. The topological polar surface area (TPSA) is 223 Å². The molecule has 5 saturated heterocycles. The molecule has 8 atom stereocenters. The lowest BCUT2D eigenvalue weighted by Gasteiger charge is -2.43. The molecule has 9 heterocycles. The maximum Gasteiger partial charge on any atom is 0.319 e. The minimum absolute atomic E-state index is 0.000852. The van der Waals surface area contributed by atoms with Crippen LogP contribution in [0.2, 0.25) is 0 Å². The molecule has 0 aliphatic carbocycles. The molecular weight excluding hydrogens is 1040 g/mol. The van der Waals surface area contributed by atoms with E-state index in [0.29, 0.717) is 61.1 Å². The van der Waals surface area contributed by atoms with Crippen LogP contribution in [0.4, 0.5) is 14.6 Å². The van der Waals surface area contributed by atoms with Crippen LogP contribution in [0.5, 0.6) is 11.8 Å². The molecule has 6 aromatic rings. The molecule has 21 heteroatoms. The smallest absolute Gasteiger partial charge is 0.319 e. The lowest BCUT2D eigenvalue weighted by atomic mass is 9.83. The summed E-state index contributed by atoms with van der Waals surface area (Å²) in [5, 5.41) is 39.8. The molecule has 5 fully saturated rings. The molecule has 5 aliphatic heterocycles. The number of anilines is 1. The van der Waals surface area contributed by atoms with Gasteiger partial charge in [-0.25, -0.2) is 13.8 Å². The van der Waals surface area contributed by atoms with Crippen molar-refractivity contribution in [2.75, 3.05) is 50.8 Å². The molecule has 18 nitrogen and oxygen atoms in total. The van der Waals surface area contributed by atoms with Gasteiger partial charge in [-0.05, 0) is 106 Å². The largest absolute Gasteiger partial charge is 0.508 e. The second kappa shape index (κ2) is 22.5. The molecule has 0 spiro atoms. The average molecular weight is 1110 g/mol. The molecule has 80 heavy (non-hydrogen) atoms. The number of piperazine rings is 1. The predicted molar refractivity (Wildman–Crippen MR) is 299 cm³/mol. The van der Waals surface area contributed by atoms with Gasteiger partial charge in [0, 0.05) is 80.0 Å². The minimum atomic E-state index is -1.04. The second-order valence-electron chi connectivity index (χ2n) is 23.1. The number of aromatic hydroxyl groups is 1. The third-order valence-electron chi connectivity index (χ3n) is 16.7. The summed E-state index contributed by atoms with van der Waals surface area (Å²) in [6, 6.07) is 6.49. The van der Waals surface area contributed by atoms with E-state index >= 15 is 8.78 Å². The fourth-order valence-electron chi connectivity index (χ4n) is 12.9. The Labute approximate surface area is 467 Å². The minimum Gasteiger partial charge on any atom is -0.508 e. The van der Waals surface area contributed by atoms with Crippen molar-refractivity contribution in [2.24, 2.45) is 5.41 Å². The van der Waals surface area contributed by atoms with Gasteiger partial charge < -0.3 is 45.4 Å². The summed E-state index contributed by atoms with van der Waals surface area (Å²) in [5.74, 6) is 0.207. The third-order valence-corrected chi connectivity index (χ3v) is 17.7. The highest BCUT2D eigenvalue weighted by molar-refractivity contribution is 7.13. The van der Waals surface area contributed by atoms with Crippen LogP contribution in [-0.2, 0) is 14.4 Å². The molecule has 2 aromatic carbocycles. The van der Waals surface area contributed by atoms with Gasteiger partial charge in [0.15, 0.2) is 5.82 Å². The highest BCUT2D eigenvalue weighted by atomic mass is 32.1.